The van der Waals surface area contributed by atoms with Gasteiger partial charge in [0.2, 0.25) is 0 Å². The van der Waals surface area contributed by atoms with Crippen LogP contribution in [0.15, 0.2) is 24.5 Å². The second kappa shape index (κ2) is 5.96. The van der Waals surface area contributed by atoms with Crippen molar-refractivity contribution in [2.75, 3.05) is 0 Å². The highest BCUT2D eigenvalue weighted by atomic mass is 16.5. The van der Waals surface area contributed by atoms with Gasteiger partial charge in [0.1, 0.15) is 11.9 Å². The summed E-state index contributed by atoms with van der Waals surface area (Å²) in [6.07, 6.45) is 2.55. The van der Waals surface area contributed by atoms with Crippen molar-refractivity contribution in [3.05, 3.63) is 47.0 Å². The zero-order valence-electron chi connectivity index (χ0n) is 12.2. The van der Waals surface area contributed by atoms with Crippen LogP contribution in [0.2, 0.25) is 0 Å². The summed E-state index contributed by atoms with van der Waals surface area (Å²) >= 11 is 0. The van der Waals surface area contributed by atoms with E-state index < -0.39 is 6.10 Å². The Hall–Kier alpha value is -2.01. The quantitative estimate of drug-likeness (QED) is 0.926. The monoisotopic (exact) mass is 273 g/mol. The average molecular weight is 273 g/mol. The lowest BCUT2D eigenvalue weighted by Gasteiger charge is -2.15. The first kappa shape index (κ1) is 14.4. The van der Waals surface area contributed by atoms with Crippen LogP contribution in [-0.2, 0) is 0 Å². The molecule has 2 rings (SSSR count). The number of hydrogen-bond acceptors (Lipinski definition) is 5. The Balaban J connectivity index is 2.33. The molecule has 2 aromatic rings. The summed E-state index contributed by atoms with van der Waals surface area (Å²) in [6.45, 7) is 7.57. The summed E-state index contributed by atoms with van der Waals surface area (Å²) in [5.41, 5.74) is 2.89. The van der Waals surface area contributed by atoms with Gasteiger partial charge in [-0.3, -0.25) is 4.98 Å². The van der Waals surface area contributed by atoms with E-state index in [4.69, 9.17) is 4.74 Å². The molecular weight excluding hydrogens is 254 g/mol. The van der Waals surface area contributed by atoms with E-state index >= 15 is 0 Å². The molecule has 0 saturated carbocycles. The van der Waals surface area contributed by atoms with Crippen molar-refractivity contribution in [2.45, 2.75) is 39.9 Å². The van der Waals surface area contributed by atoms with Gasteiger partial charge in [-0.1, -0.05) is 0 Å². The third-order valence-electron chi connectivity index (χ3n) is 2.86. The number of pyridine rings is 1. The molecule has 1 N–H and O–H groups in total. The largest absolute Gasteiger partial charge is 0.489 e. The van der Waals surface area contributed by atoms with Crippen molar-refractivity contribution < 1.29 is 9.84 Å². The lowest BCUT2D eigenvalue weighted by molar-refractivity contribution is 0.214. The lowest BCUT2D eigenvalue weighted by atomic mass is 10.0. The van der Waals surface area contributed by atoms with Crippen molar-refractivity contribution in [1.29, 1.82) is 0 Å². The molecule has 2 heterocycles. The molecule has 1 atom stereocenters. The number of nitrogens with zero attached hydrogens (tertiary/aromatic N) is 3. The molecule has 106 valence electrons. The standard InChI is InChI=1S/C15H19N3O2/c1-9(2)20-13-6-12(7-16-8-13)15(19)14-5-10(3)17-18-11(14)4/h5-9,15,19H,1-4H3. The third-order valence-corrected chi connectivity index (χ3v) is 2.86. The molecule has 0 bridgehead atoms. The fraction of sp³-hybridized carbons (Fsp3) is 0.400. The third kappa shape index (κ3) is 3.30. The molecule has 0 aliphatic heterocycles. The summed E-state index contributed by atoms with van der Waals surface area (Å²) in [4.78, 5) is 4.12. The summed E-state index contributed by atoms with van der Waals surface area (Å²) in [6, 6.07) is 3.63. The van der Waals surface area contributed by atoms with Crippen LogP contribution in [0.4, 0.5) is 0 Å². The lowest BCUT2D eigenvalue weighted by Crippen LogP contribution is -2.09. The number of hydrogen-bond donors (Lipinski definition) is 1. The predicted octanol–water partition coefficient (Wildman–Crippen LogP) is 2.36. The smallest absolute Gasteiger partial charge is 0.138 e. The van der Waals surface area contributed by atoms with E-state index in [0.717, 1.165) is 11.3 Å². The maximum absolute atomic E-state index is 10.5. The van der Waals surface area contributed by atoms with Crippen LogP contribution in [-0.4, -0.2) is 26.4 Å². The molecule has 20 heavy (non-hydrogen) atoms. The number of ether oxygens (including phenoxy) is 1. The van der Waals surface area contributed by atoms with Gasteiger partial charge < -0.3 is 9.84 Å². The topological polar surface area (TPSA) is 68.1 Å². The predicted molar refractivity (Wildman–Crippen MR) is 75.6 cm³/mol. The van der Waals surface area contributed by atoms with Gasteiger partial charge in [-0.25, -0.2) is 0 Å². The van der Waals surface area contributed by atoms with Crippen molar-refractivity contribution in [1.82, 2.24) is 15.2 Å². The summed E-state index contributed by atoms with van der Waals surface area (Å²) in [5.74, 6) is 0.646. The van der Waals surface area contributed by atoms with E-state index in [-0.39, 0.29) is 6.10 Å². The van der Waals surface area contributed by atoms with E-state index in [1.165, 1.54) is 0 Å². The number of aryl methyl sites for hydroxylation is 2. The molecule has 0 amide bonds. The minimum atomic E-state index is -0.785. The number of aliphatic hydroxyl groups excluding tert-OH is 1. The molecule has 5 nitrogen and oxygen atoms in total. The highest BCUT2D eigenvalue weighted by Crippen LogP contribution is 2.26. The Morgan fingerprint density at radius 1 is 1.10 bits per heavy atom. The van der Waals surface area contributed by atoms with Gasteiger partial charge in [0.15, 0.2) is 0 Å². The minimum Gasteiger partial charge on any atom is -0.489 e. The molecule has 5 heteroatoms. The first-order chi connectivity index (χ1) is 9.47. The van der Waals surface area contributed by atoms with Gasteiger partial charge in [0.25, 0.3) is 0 Å². The van der Waals surface area contributed by atoms with Crippen molar-refractivity contribution in [2.24, 2.45) is 0 Å². The molecule has 0 fully saturated rings. The van der Waals surface area contributed by atoms with E-state index in [9.17, 15) is 5.11 Å². The highest BCUT2D eigenvalue weighted by Gasteiger charge is 2.16. The van der Waals surface area contributed by atoms with Crippen LogP contribution >= 0.6 is 0 Å². The molecule has 1 unspecified atom stereocenters. The number of rotatable bonds is 4. The molecule has 0 radical (unpaired) electrons. The Labute approximate surface area is 118 Å². The Kier molecular flexibility index (Phi) is 4.29. The summed E-state index contributed by atoms with van der Waals surface area (Å²) in [7, 11) is 0. The molecule has 0 aliphatic rings. The van der Waals surface area contributed by atoms with Crippen molar-refractivity contribution in [3.8, 4) is 5.75 Å². The normalized spacial score (nSPS) is 12.5. The van der Waals surface area contributed by atoms with Gasteiger partial charge >= 0.3 is 0 Å². The van der Waals surface area contributed by atoms with Crippen LogP contribution in [0.25, 0.3) is 0 Å². The van der Waals surface area contributed by atoms with Crippen LogP contribution in [0.1, 0.15) is 42.5 Å². The van der Waals surface area contributed by atoms with E-state index in [2.05, 4.69) is 15.2 Å². The summed E-state index contributed by atoms with van der Waals surface area (Å²) in [5, 5.41) is 18.5. The van der Waals surface area contributed by atoms with Crippen LogP contribution in [0.5, 0.6) is 5.75 Å². The Morgan fingerprint density at radius 3 is 2.55 bits per heavy atom. The van der Waals surface area contributed by atoms with Gasteiger partial charge in [0.05, 0.1) is 23.7 Å². The van der Waals surface area contributed by atoms with Gasteiger partial charge in [-0.15, -0.1) is 0 Å². The second-order valence-electron chi connectivity index (χ2n) is 5.05. The highest BCUT2D eigenvalue weighted by molar-refractivity contribution is 5.34. The fourth-order valence-electron chi connectivity index (χ4n) is 1.95. The van der Waals surface area contributed by atoms with Crippen LogP contribution in [0, 0.1) is 13.8 Å². The molecular formula is C15H19N3O2. The summed E-state index contributed by atoms with van der Waals surface area (Å²) < 4.78 is 5.59. The van der Waals surface area contributed by atoms with Gasteiger partial charge in [0, 0.05) is 17.3 Å². The second-order valence-corrected chi connectivity index (χ2v) is 5.05. The Morgan fingerprint density at radius 2 is 1.85 bits per heavy atom. The van der Waals surface area contributed by atoms with Crippen molar-refractivity contribution >= 4 is 0 Å². The van der Waals surface area contributed by atoms with E-state index in [1.54, 1.807) is 18.5 Å². The number of aromatic nitrogens is 3. The molecule has 0 aromatic carbocycles. The van der Waals surface area contributed by atoms with Gasteiger partial charge in [-0.2, -0.15) is 10.2 Å². The van der Waals surface area contributed by atoms with E-state index in [1.807, 2.05) is 33.8 Å². The molecule has 0 spiro atoms. The molecule has 0 aliphatic carbocycles. The zero-order valence-corrected chi connectivity index (χ0v) is 12.2. The maximum Gasteiger partial charge on any atom is 0.138 e. The number of aliphatic hydroxyl groups is 1. The first-order valence-corrected chi connectivity index (χ1v) is 6.58. The zero-order chi connectivity index (χ0) is 14.7. The molecule has 2 aromatic heterocycles. The Bertz CT molecular complexity index is 599. The first-order valence-electron chi connectivity index (χ1n) is 6.58. The van der Waals surface area contributed by atoms with Gasteiger partial charge in [-0.05, 0) is 39.8 Å². The fourth-order valence-corrected chi connectivity index (χ4v) is 1.95. The SMILES string of the molecule is Cc1cc(C(O)c2cncc(OC(C)C)c2)c(C)nn1. The van der Waals surface area contributed by atoms with Crippen LogP contribution in [0.3, 0.4) is 0 Å². The minimum absolute atomic E-state index is 0.0655. The average Bonchev–Trinajstić information content (AvgIpc) is 2.40. The van der Waals surface area contributed by atoms with E-state index in [0.29, 0.717) is 17.0 Å². The van der Waals surface area contributed by atoms with Crippen molar-refractivity contribution in [3.63, 3.8) is 0 Å². The maximum atomic E-state index is 10.5. The van der Waals surface area contributed by atoms with Crippen LogP contribution < -0.4 is 4.74 Å². The molecule has 0 saturated heterocycles.